The Morgan fingerprint density at radius 1 is 1.08 bits per heavy atom. The molecule has 198 valence electrons. The normalized spacial score (nSPS) is 14.6. The molecule has 1 aliphatic rings. The van der Waals surface area contributed by atoms with Gasteiger partial charge in [-0.1, -0.05) is 0 Å². The van der Waals surface area contributed by atoms with Crippen LogP contribution in [0.4, 0.5) is 15.0 Å². The first-order chi connectivity index (χ1) is 18.1. The molecule has 1 aliphatic heterocycles. The van der Waals surface area contributed by atoms with Crippen molar-refractivity contribution < 1.29 is 18.7 Å². The van der Waals surface area contributed by atoms with Gasteiger partial charge < -0.3 is 19.5 Å². The van der Waals surface area contributed by atoms with Crippen molar-refractivity contribution in [2.24, 2.45) is 0 Å². The zero-order chi connectivity index (χ0) is 27.0. The summed E-state index contributed by atoms with van der Waals surface area (Å²) in [6.45, 7) is 8.10. The average molecular weight is 520 g/mol. The van der Waals surface area contributed by atoms with Crippen LogP contribution in [0.25, 0.3) is 28.3 Å². The summed E-state index contributed by atoms with van der Waals surface area (Å²) in [6.07, 6.45) is 4.55. The monoisotopic (exact) mass is 519 g/mol. The van der Waals surface area contributed by atoms with Crippen LogP contribution in [0.3, 0.4) is 0 Å². The van der Waals surface area contributed by atoms with Crippen LogP contribution in [0.1, 0.15) is 46.6 Å². The fourth-order valence-corrected chi connectivity index (χ4v) is 4.61. The number of carbonyl (C=O) groups excluding carboxylic acids is 2. The first-order valence-electron chi connectivity index (χ1n) is 12.5. The van der Waals surface area contributed by atoms with Gasteiger partial charge in [0.25, 0.3) is 0 Å². The number of imidazole rings is 2. The minimum absolute atomic E-state index is 0.0700. The molecule has 0 aliphatic carbocycles. The van der Waals surface area contributed by atoms with E-state index < -0.39 is 5.60 Å². The van der Waals surface area contributed by atoms with Crippen LogP contribution in [0.5, 0.6) is 0 Å². The molecule has 1 fully saturated rings. The molecular formula is C27H30FN7O3. The Morgan fingerprint density at radius 2 is 1.79 bits per heavy atom. The maximum absolute atomic E-state index is 13.7. The molecule has 0 bridgehead atoms. The molecule has 10 nitrogen and oxygen atoms in total. The molecule has 0 radical (unpaired) electrons. The van der Waals surface area contributed by atoms with Crippen molar-refractivity contribution in [1.82, 2.24) is 29.0 Å². The first kappa shape index (κ1) is 25.4. The third kappa shape index (κ3) is 5.36. The Labute approximate surface area is 219 Å². The van der Waals surface area contributed by atoms with E-state index in [9.17, 15) is 14.0 Å². The Kier molecular flexibility index (Phi) is 6.60. The summed E-state index contributed by atoms with van der Waals surface area (Å²) >= 11 is 0. The van der Waals surface area contributed by atoms with Gasteiger partial charge in [0.1, 0.15) is 17.1 Å². The van der Waals surface area contributed by atoms with Crippen LogP contribution in [0.15, 0.2) is 48.9 Å². The van der Waals surface area contributed by atoms with Gasteiger partial charge in [0.15, 0.2) is 11.5 Å². The van der Waals surface area contributed by atoms with E-state index >= 15 is 0 Å². The molecule has 0 atom stereocenters. The number of fused-ring (bicyclic) bond motifs is 1. The number of hydrogen-bond donors (Lipinski definition) is 1. The van der Waals surface area contributed by atoms with Crippen LogP contribution in [0, 0.1) is 5.82 Å². The number of halogens is 1. The number of benzene rings is 1. The number of anilines is 1. The molecule has 1 aromatic carbocycles. The fourth-order valence-electron chi connectivity index (χ4n) is 4.61. The van der Waals surface area contributed by atoms with E-state index in [0.717, 1.165) is 11.3 Å². The molecule has 4 heterocycles. The summed E-state index contributed by atoms with van der Waals surface area (Å²) in [5, 5.41) is 7.45. The number of nitrogens with zero attached hydrogens (tertiary/aromatic N) is 6. The van der Waals surface area contributed by atoms with Crippen molar-refractivity contribution in [2.45, 2.75) is 52.2 Å². The predicted octanol–water partition coefficient (Wildman–Crippen LogP) is 4.93. The summed E-state index contributed by atoms with van der Waals surface area (Å²) in [6, 6.07) is 9.96. The van der Waals surface area contributed by atoms with Crippen molar-refractivity contribution in [3.8, 4) is 22.6 Å². The van der Waals surface area contributed by atoms with Crippen molar-refractivity contribution >= 4 is 23.5 Å². The van der Waals surface area contributed by atoms with Crippen LogP contribution in [-0.4, -0.2) is 59.7 Å². The number of piperidine rings is 1. The lowest BCUT2D eigenvalue weighted by Gasteiger charge is -2.34. The highest BCUT2D eigenvalue weighted by Gasteiger charge is 2.30. The smallest absolute Gasteiger partial charge is 0.410 e. The van der Waals surface area contributed by atoms with Crippen LogP contribution < -0.4 is 5.32 Å². The summed E-state index contributed by atoms with van der Waals surface area (Å²) < 4.78 is 22.9. The van der Waals surface area contributed by atoms with E-state index in [1.54, 1.807) is 34.1 Å². The topological polar surface area (TPSA) is 107 Å². The van der Waals surface area contributed by atoms with Gasteiger partial charge >= 0.3 is 6.09 Å². The Balaban J connectivity index is 1.49. The van der Waals surface area contributed by atoms with Gasteiger partial charge in [0.05, 0.1) is 23.9 Å². The summed E-state index contributed by atoms with van der Waals surface area (Å²) in [5.74, 6) is -0.139. The highest BCUT2D eigenvalue weighted by Crippen LogP contribution is 2.35. The van der Waals surface area contributed by atoms with Crippen LogP contribution in [0.2, 0.25) is 0 Å². The van der Waals surface area contributed by atoms with E-state index in [4.69, 9.17) is 14.8 Å². The number of amides is 2. The lowest BCUT2D eigenvalue weighted by Crippen LogP contribution is -2.42. The highest BCUT2D eigenvalue weighted by molar-refractivity contribution is 5.88. The van der Waals surface area contributed by atoms with Gasteiger partial charge in [-0.05, 0) is 70.0 Å². The van der Waals surface area contributed by atoms with Crippen molar-refractivity contribution in [3.05, 3.63) is 54.7 Å². The maximum atomic E-state index is 13.7. The Bertz CT molecular complexity index is 1480. The Morgan fingerprint density at radius 3 is 2.45 bits per heavy atom. The lowest BCUT2D eigenvalue weighted by atomic mass is 10.0. The molecule has 38 heavy (non-hydrogen) atoms. The molecule has 0 unspecified atom stereocenters. The summed E-state index contributed by atoms with van der Waals surface area (Å²) in [4.78, 5) is 34.9. The molecule has 3 aromatic heterocycles. The van der Waals surface area contributed by atoms with Crippen LogP contribution in [-0.2, 0) is 9.53 Å². The average Bonchev–Trinajstić information content (AvgIpc) is 3.46. The van der Waals surface area contributed by atoms with Gasteiger partial charge in [-0.3, -0.25) is 4.79 Å². The number of rotatable bonds is 4. The second kappa shape index (κ2) is 9.88. The predicted molar refractivity (Wildman–Crippen MR) is 140 cm³/mol. The standard InChI is InChI=1S/C27H30FN7O3/c1-17(36)30-22-15-35-23(31-22)10-9-21(32-35)25-24(18-5-7-19(28)8-6-18)29-16-34(25)20-11-13-33(14-12-20)26(37)38-27(2,3)4/h5-10,15-16,20H,11-14H2,1-4H3,(H,30,36). The molecule has 1 N–H and O–H groups in total. The molecule has 4 aromatic rings. The van der Waals surface area contributed by atoms with Gasteiger partial charge in [-0.25, -0.2) is 23.7 Å². The van der Waals surface area contributed by atoms with E-state index in [2.05, 4.69) is 14.9 Å². The molecule has 0 saturated carbocycles. The largest absolute Gasteiger partial charge is 0.444 e. The summed E-state index contributed by atoms with van der Waals surface area (Å²) in [5.41, 5.74) is 2.90. The quantitative estimate of drug-likeness (QED) is 0.410. The van der Waals surface area contributed by atoms with Gasteiger partial charge in [-0.2, -0.15) is 5.10 Å². The van der Waals surface area contributed by atoms with E-state index in [-0.39, 0.29) is 23.9 Å². The second-order valence-corrected chi connectivity index (χ2v) is 10.4. The third-order valence-electron chi connectivity index (χ3n) is 6.29. The number of hydrogen-bond acceptors (Lipinski definition) is 6. The Hall–Kier alpha value is -4.28. The van der Waals surface area contributed by atoms with E-state index in [0.29, 0.717) is 48.8 Å². The molecule has 1 saturated heterocycles. The second-order valence-electron chi connectivity index (χ2n) is 10.4. The first-order valence-corrected chi connectivity index (χ1v) is 12.5. The minimum atomic E-state index is -0.549. The molecule has 5 rings (SSSR count). The fraction of sp³-hybridized carbons (Fsp3) is 0.370. The van der Waals surface area contributed by atoms with Gasteiger partial charge in [-0.15, -0.1) is 0 Å². The SMILES string of the molecule is CC(=O)Nc1cn2nc(-c3c(-c4ccc(F)cc4)ncn3C3CCN(C(=O)OC(C)(C)C)CC3)ccc2n1. The summed E-state index contributed by atoms with van der Waals surface area (Å²) in [7, 11) is 0. The van der Waals surface area contributed by atoms with Crippen molar-refractivity contribution in [3.63, 3.8) is 0 Å². The van der Waals surface area contributed by atoms with Gasteiger partial charge in [0, 0.05) is 31.6 Å². The van der Waals surface area contributed by atoms with Crippen molar-refractivity contribution in [2.75, 3.05) is 18.4 Å². The number of carbonyl (C=O) groups is 2. The van der Waals surface area contributed by atoms with Crippen molar-refractivity contribution in [1.29, 1.82) is 0 Å². The zero-order valence-electron chi connectivity index (χ0n) is 21.8. The lowest BCUT2D eigenvalue weighted by molar-refractivity contribution is -0.114. The molecule has 0 spiro atoms. The van der Waals surface area contributed by atoms with E-state index in [1.807, 2.05) is 32.9 Å². The molecular weight excluding hydrogens is 489 g/mol. The number of ether oxygens (including phenoxy) is 1. The number of aromatic nitrogens is 5. The maximum Gasteiger partial charge on any atom is 0.410 e. The third-order valence-corrected chi connectivity index (χ3v) is 6.29. The molecule has 11 heteroatoms. The number of nitrogens with one attached hydrogen (secondary N) is 1. The molecule has 2 amide bonds. The van der Waals surface area contributed by atoms with Gasteiger partial charge in [0.2, 0.25) is 5.91 Å². The van der Waals surface area contributed by atoms with E-state index in [1.165, 1.54) is 19.1 Å². The minimum Gasteiger partial charge on any atom is -0.444 e. The number of likely N-dealkylation sites (tertiary alicyclic amines) is 1. The zero-order valence-corrected chi connectivity index (χ0v) is 21.8. The van der Waals surface area contributed by atoms with Crippen LogP contribution >= 0.6 is 0 Å². The highest BCUT2D eigenvalue weighted by atomic mass is 19.1.